The lowest BCUT2D eigenvalue weighted by atomic mass is 10.1. The van der Waals surface area contributed by atoms with Crippen molar-refractivity contribution in [2.45, 2.75) is 40.2 Å². The van der Waals surface area contributed by atoms with Gasteiger partial charge < -0.3 is 15.0 Å². The third-order valence-electron chi connectivity index (χ3n) is 3.27. The number of hydrogen-bond acceptors (Lipinski definition) is 3. The summed E-state index contributed by atoms with van der Waals surface area (Å²) in [5, 5.41) is 3.58. The Morgan fingerprint density at radius 1 is 1.35 bits per heavy atom. The molecule has 0 aromatic heterocycles. The number of hydrogen-bond donors (Lipinski definition) is 1. The first-order valence-corrected chi connectivity index (χ1v) is 7.11. The van der Waals surface area contributed by atoms with E-state index in [1.165, 1.54) is 19.5 Å². The van der Waals surface area contributed by atoms with E-state index >= 15 is 0 Å². The average molecular weight is 242 g/mol. The van der Waals surface area contributed by atoms with Crippen LogP contribution in [-0.2, 0) is 4.74 Å². The largest absolute Gasteiger partial charge is 0.380 e. The highest BCUT2D eigenvalue weighted by Crippen LogP contribution is 2.06. The summed E-state index contributed by atoms with van der Waals surface area (Å²) in [6.07, 6.45) is 1.25. The fourth-order valence-corrected chi connectivity index (χ4v) is 2.19. The minimum atomic E-state index is 0.644. The molecule has 1 rings (SSSR count). The van der Waals surface area contributed by atoms with Gasteiger partial charge in [-0.1, -0.05) is 20.8 Å². The summed E-state index contributed by atoms with van der Waals surface area (Å²) >= 11 is 0. The van der Waals surface area contributed by atoms with E-state index < -0.39 is 0 Å². The van der Waals surface area contributed by atoms with Crippen LogP contribution >= 0.6 is 0 Å². The van der Waals surface area contributed by atoms with E-state index in [0.29, 0.717) is 12.0 Å². The molecule has 17 heavy (non-hydrogen) atoms. The van der Waals surface area contributed by atoms with Crippen molar-refractivity contribution < 1.29 is 4.74 Å². The standard InChI is InChI=1S/C14H30N2O/c1-12(2)11-17-8-7-16-6-5-14(4)15-9-13(3)10-16/h12-15H,5-11H2,1-4H3. The predicted octanol–water partition coefficient (Wildman–Crippen LogP) is 1.98. The Hall–Kier alpha value is -0.120. The summed E-state index contributed by atoms with van der Waals surface area (Å²) in [5.74, 6) is 1.38. The first-order chi connectivity index (χ1) is 8.08. The maximum Gasteiger partial charge on any atom is 0.0593 e. The zero-order chi connectivity index (χ0) is 12.7. The fourth-order valence-electron chi connectivity index (χ4n) is 2.19. The van der Waals surface area contributed by atoms with Crippen LogP contribution in [0.25, 0.3) is 0 Å². The van der Waals surface area contributed by atoms with E-state index in [4.69, 9.17) is 4.74 Å². The van der Waals surface area contributed by atoms with E-state index in [-0.39, 0.29) is 0 Å². The van der Waals surface area contributed by atoms with Crippen molar-refractivity contribution in [3.8, 4) is 0 Å². The van der Waals surface area contributed by atoms with Crippen LogP contribution in [0.4, 0.5) is 0 Å². The highest BCUT2D eigenvalue weighted by molar-refractivity contribution is 4.73. The molecule has 1 aliphatic heterocycles. The van der Waals surface area contributed by atoms with Crippen molar-refractivity contribution in [3.63, 3.8) is 0 Å². The molecule has 1 saturated heterocycles. The lowest BCUT2D eigenvalue weighted by Gasteiger charge is -2.31. The zero-order valence-electron chi connectivity index (χ0n) is 12.0. The van der Waals surface area contributed by atoms with Crippen LogP contribution in [0.1, 0.15) is 34.1 Å². The van der Waals surface area contributed by atoms with Gasteiger partial charge >= 0.3 is 0 Å². The van der Waals surface area contributed by atoms with Crippen molar-refractivity contribution in [1.29, 1.82) is 0 Å². The first kappa shape index (κ1) is 14.9. The van der Waals surface area contributed by atoms with Gasteiger partial charge in [0, 0.05) is 25.7 Å². The topological polar surface area (TPSA) is 24.5 Å². The van der Waals surface area contributed by atoms with Gasteiger partial charge in [0.15, 0.2) is 0 Å². The van der Waals surface area contributed by atoms with Gasteiger partial charge in [0.1, 0.15) is 0 Å². The minimum Gasteiger partial charge on any atom is -0.380 e. The van der Waals surface area contributed by atoms with Crippen molar-refractivity contribution in [1.82, 2.24) is 10.2 Å². The van der Waals surface area contributed by atoms with E-state index in [1.807, 2.05) is 0 Å². The molecule has 0 aliphatic carbocycles. The zero-order valence-corrected chi connectivity index (χ0v) is 12.0. The highest BCUT2D eigenvalue weighted by Gasteiger charge is 2.15. The normalized spacial score (nSPS) is 28.1. The number of nitrogens with one attached hydrogen (secondary N) is 1. The second kappa shape index (κ2) is 8.06. The van der Waals surface area contributed by atoms with Crippen LogP contribution < -0.4 is 5.32 Å². The molecular formula is C14H30N2O. The lowest BCUT2D eigenvalue weighted by Crippen LogP contribution is -2.43. The van der Waals surface area contributed by atoms with Crippen LogP contribution in [-0.4, -0.2) is 50.3 Å². The summed E-state index contributed by atoms with van der Waals surface area (Å²) in [7, 11) is 0. The second-order valence-electron chi connectivity index (χ2n) is 5.97. The van der Waals surface area contributed by atoms with Crippen LogP contribution in [0.15, 0.2) is 0 Å². The van der Waals surface area contributed by atoms with Crippen LogP contribution in [0.3, 0.4) is 0 Å². The smallest absolute Gasteiger partial charge is 0.0593 e. The van der Waals surface area contributed by atoms with Crippen LogP contribution in [0.5, 0.6) is 0 Å². The van der Waals surface area contributed by atoms with Crippen molar-refractivity contribution >= 4 is 0 Å². The molecule has 0 saturated carbocycles. The number of rotatable bonds is 5. The van der Waals surface area contributed by atoms with Crippen molar-refractivity contribution in [3.05, 3.63) is 0 Å². The van der Waals surface area contributed by atoms with E-state index in [2.05, 4.69) is 37.9 Å². The van der Waals surface area contributed by atoms with E-state index in [9.17, 15) is 0 Å². The lowest BCUT2D eigenvalue weighted by molar-refractivity contribution is 0.0776. The van der Waals surface area contributed by atoms with Gasteiger partial charge in [0.25, 0.3) is 0 Å². The summed E-state index contributed by atoms with van der Waals surface area (Å²) < 4.78 is 5.67. The Bertz CT molecular complexity index is 197. The molecule has 1 heterocycles. The maximum atomic E-state index is 5.67. The third kappa shape index (κ3) is 7.02. The molecule has 0 aromatic rings. The molecular weight excluding hydrogens is 212 g/mol. The predicted molar refractivity (Wildman–Crippen MR) is 73.3 cm³/mol. The van der Waals surface area contributed by atoms with Gasteiger partial charge in [0.2, 0.25) is 0 Å². The Balaban J connectivity index is 2.20. The summed E-state index contributed by atoms with van der Waals surface area (Å²) in [6.45, 7) is 15.4. The molecule has 2 atom stereocenters. The maximum absolute atomic E-state index is 5.67. The van der Waals surface area contributed by atoms with Crippen LogP contribution in [0.2, 0.25) is 0 Å². The van der Waals surface area contributed by atoms with Crippen molar-refractivity contribution in [2.24, 2.45) is 11.8 Å². The van der Waals surface area contributed by atoms with E-state index in [1.54, 1.807) is 0 Å². The highest BCUT2D eigenvalue weighted by atomic mass is 16.5. The second-order valence-corrected chi connectivity index (χ2v) is 5.97. The Kier molecular flexibility index (Phi) is 7.09. The van der Waals surface area contributed by atoms with Gasteiger partial charge in [-0.05, 0) is 38.3 Å². The van der Waals surface area contributed by atoms with Gasteiger partial charge in [0.05, 0.1) is 6.61 Å². The molecule has 3 heteroatoms. The monoisotopic (exact) mass is 242 g/mol. The van der Waals surface area contributed by atoms with E-state index in [0.717, 1.165) is 32.2 Å². The molecule has 1 N–H and O–H groups in total. The Morgan fingerprint density at radius 2 is 2.12 bits per heavy atom. The summed E-state index contributed by atoms with van der Waals surface area (Å²) in [4.78, 5) is 2.56. The molecule has 3 nitrogen and oxygen atoms in total. The molecule has 0 aromatic carbocycles. The molecule has 0 radical (unpaired) electrons. The molecule has 102 valence electrons. The molecule has 1 fully saturated rings. The van der Waals surface area contributed by atoms with Crippen molar-refractivity contribution in [2.75, 3.05) is 39.4 Å². The molecule has 1 aliphatic rings. The van der Waals surface area contributed by atoms with Crippen LogP contribution in [0, 0.1) is 11.8 Å². The molecule has 0 amide bonds. The Morgan fingerprint density at radius 3 is 2.82 bits per heavy atom. The average Bonchev–Trinajstić information content (AvgIpc) is 2.26. The summed E-state index contributed by atoms with van der Waals surface area (Å²) in [6, 6.07) is 0.650. The number of ether oxygens (including phenoxy) is 1. The molecule has 0 spiro atoms. The van der Waals surface area contributed by atoms with Gasteiger partial charge in [-0.15, -0.1) is 0 Å². The summed E-state index contributed by atoms with van der Waals surface area (Å²) in [5.41, 5.74) is 0. The quantitative estimate of drug-likeness (QED) is 0.746. The molecule has 0 bridgehead atoms. The van der Waals surface area contributed by atoms with Gasteiger partial charge in [-0.2, -0.15) is 0 Å². The Labute approximate surface area is 107 Å². The fraction of sp³-hybridized carbons (Fsp3) is 1.00. The minimum absolute atomic E-state index is 0.644. The van der Waals surface area contributed by atoms with Gasteiger partial charge in [-0.3, -0.25) is 0 Å². The SMILES string of the molecule is CC(C)COCCN1CCC(C)NCC(C)C1. The third-order valence-corrected chi connectivity index (χ3v) is 3.27. The first-order valence-electron chi connectivity index (χ1n) is 7.11. The molecule has 2 unspecified atom stereocenters. The van der Waals surface area contributed by atoms with Gasteiger partial charge in [-0.25, -0.2) is 0 Å². The number of nitrogens with zero attached hydrogens (tertiary/aromatic N) is 1.